The number of aryl methyl sites for hydroxylation is 1. The summed E-state index contributed by atoms with van der Waals surface area (Å²) >= 11 is 6.81. The van der Waals surface area contributed by atoms with Crippen molar-refractivity contribution in [2.24, 2.45) is 5.92 Å². The Kier molecular flexibility index (Phi) is 7.03. The molecule has 2 saturated heterocycles. The molecule has 3 aliphatic heterocycles. The molecule has 0 bridgehead atoms. The van der Waals surface area contributed by atoms with E-state index in [1.165, 1.54) is 6.92 Å². The smallest absolute Gasteiger partial charge is 0.418 e. The predicted octanol–water partition coefficient (Wildman–Crippen LogP) is 5.32. The van der Waals surface area contributed by atoms with Crippen LogP contribution in [0.3, 0.4) is 0 Å². The molecule has 1 aromatic carbocycles. The second-order valence-electron chi connectivity index (χ2n) is 12.9. The maximum absolute atomic E-state index is 16.8. The van der Waals surface area contributed by atoms with Gasteiger partial charge in [0, 0.05) is 26.6 Å². The number of fused-ring (bicyclic) bond motifs is 1. The van der Waals surface area contributed by atoms with Gasteiger partial charge in [0.25, 0.3) is 0 Å². The quantitative estimate of drug-likeness (QED) is 0.354. The molecule has 2 aromatic heterocycles. The van der Waals surface area contributed by atoms with Crippen molar-refractivity contribution in [3.05, 3.63) is 28.0 Å². The number of hydrogen-bond acceptors (Lipinski definition) is 9. The van der Waals surface area contributed by atoms with Crippen LogP contribution in [0, 0.1) is 18.7 Å². The number of rotatable bonds is 5. The van der Waals surface area contributed by atoms with Crippen LogP contribution in [0.5, 0.6) is 11.8 Å². The van der Waals surface area contributed by atoms with Crippen LogP contribution in [0.4, 0.5) is 33.6 Å². The van der Waals surface area contributed by atoms with Crippen molar-refractivity contribution in [3.63, 3.8) is 0 Å². The van der Waals surface area contributed by atoms with E-state index in [-0.39, 0.29) is 72.0 Å². The van der Waals surface area contributed by atoms with Gasteiger partial charge < -0.3 is 25.2 Å². The van der Waals surface area contributed by atoms with Gasteiger partial charge in [0.1, 0.15) is 35.5 Å². The van der Waals surface area contributed by atoms with E-state index in [2.05, 4.69) is 19.9 Å². The molecule has 1 spiro atoms. The highest BCUT2D eigenvalue weighted by atomic mass is 35.5. The average molecular weight is 655 g/mol. The van der Waals surface area contributed by atoms with E-state index >= 15 is 4.39 Å². The zero-order valence-electron chi connectivity index (χ0n) is 24.6. The molecule has 1 aliphatic carbocycles. The summed E-state index contributed by atoms with van der Waals surface area (Å²) in [4.78, 5) is 16.7. The monoisotopic (exact) mass is 654 g/mol. The van der Waals surface area contributed by atoms with Gasteiger partial charge in [0.05, 0.1) is 39.3 Å². The summed E-state index contributed by atoms with van der Waals surface area (Å²) in [5, 5.41) is 9.38. The maximum Gasteiger partial charge on any atom is 0.418 e. The number of nitrogens with two attached hydrogens (primary N) is 1. The third kappa shape index (κ3) is 4.82. The lowest BCUT2D eigenvalue weighted by Crippen LogP contribution is -2.56. The maximum atomic E-state index is 16.8. The number of aromatic nitrogens is 3. The van der Waals surface area contributed by atoms with Gasteiger partial charge in [-0.05, 0) is 56.7 Å². The molecule has 3 aromatic rings. The molecule has 7 rings (SSSR count). The van der Waals surface area contributed by atoms with Gasteiger partial charge in [-0.3, -0.25) is 4.90 Å². The number of aliphatic hydroxyl groups is 1. The number of anilines is 2. The number of pyridine rings is 1. The summed E-state index contributed by atoms with van der Waals surface area (Å²) in [7, 11) is 1.73. The lowest BCUT2D eigenvalue weighted by atomic mass is 9.71. The number of aliphatic hydroxyl groups excluding tert-OH is 1. The molecule has 0 radical (unpaired) electrons. The van der Waals surface area contributed by atoms with Crippen LogP contribution >= 0.6 is 11.6 Å². The van der Waals surface area contributed by atoms with E-state index in [9.17, 15) is 22.7 Å². The molecule has 2 atom stereocenters. The van der Waals surface area contributed by atoms with Crippen LogP contribution < -0.4 is 20.1 Å². The highest BCUT2D eigenvalue weighted by molar-refractivity contribution is 6.36. The second kappa shape index (κ2) is 10.4. The highest BCUT2D eigenvalue weighted by Gasteiger charge is 2.51. The first kappa shape index (κ1) is 30.4. The standard InChI is InChI=1S/C30H32ClF5N6O3/c1-14-6-17(37)38-23(20(14)30(34,35)36)18-21(31)25-19-24(22(18)33)39-27(44-13-28-4-3-5-42(28)10-16(32)9-28)40-26(19)41(2)12-29(45-25)7-15(8-29)11-43/h6,15-16,43H,3-5,7-13H2,1-2H3,(H2,37,38)/t15?,16-,28+,29?/m1/s1. The van der Waals surface area contributed by atoms with Crippen LogP contribution in [0.25, 0.3) is 22.2 Å². The van der Waals surface area contributed by atoms with Crippen LogP contribution in [-0.4, -0.2) is 82.2 Å². The van der Waals surface area contributed by atoms with Gasteiger partial charge in [0.15, 0.2) is 11.6 Å². The van der Waals surface area contributed by atoms with Crippen LogP contribution in [0.15, 0.2) is 6.07 Å². The number of alkyl halides is 4. The summed E-state index contributed by atoms with van der Waals surface area (Å²) in [6.07, 6.45) is -3.18. The van der Waals surface area contributed by atoms with E-state index in [1.54, 1.807) is 11.9 Å². The number of nitrogen functional groups attached to an aromatic ring is 1. The van der Waals surface area contributed by atoms with E-state index in [0.717, 1.165) is 25.5 Å². The lowest BCUT2D eigenvalue weighted by molar-refractivity contribution is -0.137. The molecule has 4 aliphatic rings. The van der Waals surface area contributed by atoms with Crippen molar-refractivity contribution >= 4 is 34.1 Å². The Bertz CT molecular complexity index is 1700. The number of hydrogen-bond donors (Lipinski definition) is 2. The lowest BCUT2D eigenvalue weighted by Gasteiger charge is -2.47. The topological polar surface area (TPSA) is 110 Å². The minimum absolute atomic E-state index is 0.0593. The Morgan fingerprint density at radius 3 is 2.69 bits per heavy atom. The summed E-state index contributed by atoms with van der Waals surface area (Å²) in [5.74, 6) is -1.36. The fourth-order valence-electron chi connectivity index (χ4n) is 7.85. The molecular weight excluding hydrogens is 623 g/mol. The Balaban J connectivity index is 1.43. The minimum Gasteiger partial charge on any atom is -0.483 e. The van der Waals surface area contributed by atoms with Crippen molar-refractivity contribution in [2.45, 2.75) is 62.5 Å². The fraction of sp³-hybridized carbons (Fsp3) is 0.567. The Hall–Kier alpha value is -3.23. The van der Waals surface area contributed by atoms with E-state index in [0.29, 0.717) is 19.4 Å². The normalized spacial score (nSPS) is 27.9. The first-order valence-corrected chi connectivity index (χ1v) is 15.2. The van der Waals surface area contributed by atoms with Crippen LogP contribution in [0.2, 0.25) is 5.02 Å². The van der Waals surface area contributed by atoms with Gasteiger partial charge in [-0.15, -0.1) is 0 Å². The first-order chi connectivity index (χ1) is 21.2. The molecule has 15 heteroatoms. The Labute approximate surface area is 260 Å². The Morgan fingerprint density at radius 1 is 1.22 bits per heavy atom. The summed E-state index contributed by atoms with van der Waals surface area (Å²) in [6.45, 7) is 2.50. The summed E-state index contributed by atoms with van der Waals surface area (Å²) < 4.78 is 87.0. The van der Waals surface area contributed by atoms with Crippen molar-refractivity contribution in [1.82, 2.24) is 19.9 Å². The van der Waals surface area contributed by atoms with Gasteiger partial charge >= 0.3 is 12.2 Å². The second-order valence-corrected chi connectivity index (χ2v) is 13.3. The fourth-order valence-corrected chi connectivity index (χ4v) is 8.16. The number of likely N-dealkylation sites (N-methyl/N-ethyl adjacent to an activating group) is 1. The molecule has 9 nitrogen and oxygen atoms in total. The summed E-state index contributed by atoms with van der Waals surface area (Å²) in [6, 6.07) is 0.845. The molecular formula is C30H32ClF5N6O3. The molecule has 5 heterocycles. The zero-order valence-corrected chi connectivity index (χ0v) is 25.4. The largest absolute Gasteiger partial charge is 0.483 e. The van der Waals surface area contributed by atoms with Gasteiger partial charge in [0.2, 0.25) is 0 Å². The molecule has 0 unspecified atom stereocenters. The van der Waals surface area contributed by atoms with Crippen molar-refractivity contribution < 1.29 is 36.5 Å². The SMILES string of the molecule is Cc1cc(N)nc(-c2c(Cl)c3c4c(nc(OC[C@@]56CCCN5C[C@H](F)C6)nc4c2F)N(C)CC2(CC(CO)C2)O3)c1C(F)(F)F. The summed E-state index contributed by atoms with van der Waals surface area (Å²) in [5.41, 5.74) is 1.17. The van der Waals surface area contributed by atoms with E-state index in [1.807, 2.05) is 0 Å². The number of benzene rings is 1. The molecule has 242 valence electrons. The van der Waals surface area contributed by atoms with Crippen molar-refractivity contribution in [3.8, 4) is 23.0 Å². The predicted molar refractivity (Wildman–Crippen MR) is 157 cm³/mol. The number of halogens is 6. The zero-order chi connectivity index (χ0) is 32.1. The van der Waals surface area contributed by atoms with Crippen molar-refractivity contribution in [2.75, 3.05) is 50.5 Å². The third-order valence-corrected chi connectivity index (χ3v) is 10.1. The van der Waals surface area contributed by atoms with Gasteiger partial charge in [-0.25, -0.2) is 13.8 Å². The van der Waals surface area contributed by atoms with E-state index < -0.39 is 51.1 Å². The van der Waals surface area contributed by atoms with Crippen molar-refractivity contribution in [1.29, 1.82) is 0 Å². The van der Waals surface area contributed by atoms with Crippen LogP contribution in [-0.2, 0) is 6.18 Å². The third-order valence-electron chi connectivity index (χ3n) is 9.72. The van der Waals surface area contributed by atoms with Gasteiger partial charge in [-0.1, -0.05) is 11.6 Å². The minimum atomic E-state index is -4.92. The highest BCUT2D eigenvalue weighted by Crippen LogP contribution is 2.54. The Morgan fingerprint density at radius 2 is 1.98 bits per heavy atom. The number of nitrogens with zero attached hydrogens (tertiary/aromatic N) is 5. The number of ether oxygens (including phenoxy) is 2. The van der Waals surface area contributed by atoms with E-state index in [4.69, 9.17) is 26.8 Å². The molecule has 0 amide bonds. The van der Waals surface area contributed by atoms with Gasteiger partial charge in [-0.2, -0.15) is 23.1 Å². The van der Waals surface area contributed by atoms with Crippen LogP contribution in [0.1, 0.15) is 43.2 Å². The average Bonchev–Trinajstić information content (AvgIpc) is 3.41. The molecule has 3 N–H and O–H groups in total. The first-order valence-electron chi connectivity index (χ1n) is 14.8. The molecule has 3 fully saturated rings. The molecule has 45 heavy (non-hydrogen) atoms. The molecule has 1 saturated carbocycles.